The third kappa shape index (κ3) is 1.54. The van der Waals surface area contributed by atoms with Crippen molar-refractivity contribution >= 4 is 5.52 Å². The van der Waals surface area contributed by atoms with Gasteiger partial charge in [0.25, 0.3) is 0 Å². The first-order chi connectivity index (χ1) is 7.45. The van der Waals surface area contributed by atoms with Crippen LogP contribution in [0.3, 0.4) is 0 Å². The molecule has 2 nitrogen and oxygen atoms in total. The van der Waals surface area contributed by atoms with Gasteiger partial charge >= 0.3 is 0 Å². The van der Waals surface area contributed by atoms with Crippen LogP contribution in [0.4, 0.5) is 0 Å². The maximum absolute atomic E-state index is 4.58. The molecule has 1 fully saturated rings. The Morgan fingerprint density at radius 2 is 2.00 bits per heavy atom. The van der Waals surface area contributed by atoms with Crippen LogP contribution in [0.15, 0.2) is 30.7 Å². The van der Waals surface area contributed by atoms with Crippen LogP contribution in [0.2, 0.25) is 0 Å². The molecule has 0 aliphatic heterocycles. The number of pyridine rings is 1. The minimum absolute atomic E-state index is 0.700. The van der Waals surface area contributed by atoms with Gasteiger partial charge in [-0.15, -0.1) is 0 Å². The highest BCUT2D eigenvalue weighted by molar-refractivity contribution is 5.53. The maximum Gasteiger partial charge on any atom is 0.0995 e. The van der Waals surface area contributed by atoms with E-state index in [2.05, 4.69) is 33.8 Å². The molecule has 0 aromatic carbocycles. The second-order valence-electron chi connectivity index (χ2n) is 4.46. The summed E-state index contributed by atoms with van der Waals surface area (Å²) in [6.07, 6.45) is 10.8. The molecule has 0 N–H and O–H groups in total. The molecule has 0 unspecified atom stereocenters. The van der Waals surface area contributed by atoms with Crippen molar-refractivity contribution in [1.29, 1.82) is 0 Å². The van der Waals surface area contributed by atoms with E-state index in [0.29, 0.717) is 5.92 Å². The molecule has 1 aliphatic carbocycles. The lowest BCUT2D eigenvalue weighted by atomic mass is 9.86. The molecule has 0 bridgehead atoms. The van der Waals surface area contributed by atoms with Crippen LogP contribution in [-0.4, -0.2) is 9.38 Å². The van der Waals surface area contributed by atoms with Crippen LogP contribution in [-0.2, 0) is 0 Å². The molecule has 2 aromatic heterocycles. The van der Waals surface area contributed by atoms with Crippen LogP contribution >= 0.6 is 0 Å². The lowest BCUT2D eigenvalue weighted by Crippen LogP contribution is -2.05. The van der Waals surface area contributed by atoms with Gasteiger partial charge in [-0.2, -0.15) is 0 Å². The van der Waals surface area contributed by atoms with Crippen molar-refractivity contribution in [2.24, 2.45) is 0 Å². The lowest BCUT2D eigenvalue weighted by molar-refractivity contribution is 0.439. The number of rotatable bonds is 1. The van der Waals surface area contributed by atoms with Crippen molar-refractivity contribution in [1.82, 2.24) is 9.38 Å². The van der Waals surface area contributed by atoms with E-state index < -0.39 is 0 Å². The van der Waals surface area contributed by atoms with Gasteiger partial charge in [-0.05, 0) is 25.0 Å². The van der Waals surface area contributed by atoms with Crippen molar-refractivity contribution in [3.05, 3.63) is 36.4 Å². The zero-order chi connectivity index (χ0) is 10.1. The Labute approximate surface area is 90.0 Å². The number of nitrogens with zero attached hydrogens (tertiary/aromatic N) is 2. The molecule has 1 saturated carbocycles. The van der Waals surface area contributed by atoms with Crippen LogP contribution in [0, 0.1) is 0 Å². The molecule has 78 valence electrons. The molecular formula is C13H16N2. The van der Waals surface area contributed by atoms with E-state index in [1.165, 1.54) is 43.3 Å². The second kappa shape index (κ2) is 3.69. The SMILES string of the molecule is c1ccn2cnc(C3CCCCC3)c2c1. The Hall–Kier alpha value is -1.31. The van der Waals surface area contributed by atoms with E-state index >= 15 is 0 Å². The Balaban J connectivity index is 2.02. The van der Waals surface area contributed by atoms with Crippen molar-refractivity contribution in [2.75, 3.05) is 0 Å². The summed E-state index contributed by atoms with van der Waals surface area (Å²) in [6.45, 7) is 0. The summed E-state index contributed by atoms with van der Waals surface area (Å²) in [4.78, 5) is 4.58. The number of imidazole rings is 1. The highest BCUT2D eigenvalue weighted by Crippen LogP contribution is 2.33. The van der Waals surface area contributed by atoms with Crippen molar-refractivity contribution in [3.8, 4) is 0 Å². The molecule has 0 amide bonds. The van der Waals surface area contributed by atoms with E-state index in [1.54, 1.807) is 0 Å². The molecule has 1 aliphatic rings. The zero-order valence-electron chi connectivity index (χ0n) is 8.89. The number of fused-ring (bicyclic) bond motifs is 1. The first-order valence-electron chi connectivity index (χ1n) is 5.87. The summed E-state index contributed by atoms with van der Waals surface area (Å²) in [6, 6.07) is 6.33. The highest BCUT2D eigenvalue weighted by atomic mass is 15.0. The number of hydrogen-bond donors (Lipinski definition) is 0. The van der Waals surface area contributed by atoms with Crippen LogP contribution in [0.5, 0.6) is 0 Å². The average Bonchev–Trinajstić information content (AvgIpc) is 2.74. The molecule has 2 heterocycles. The van der Waals surface area contributed by atoms with Gasteiger partial charge < -0.3 is 4.40 Å². The Morgan fingerprint density at radius 1 is 1.13 bits per heavy atom. The van der Waals surface area contributed by atoms with E-state index in [4.69, 9.17) is 0 Å². The summed E-state index contributed by atoms with van der Waals surface area (Å²) < 4.78 is 2.13. The fourth-order valence-electron chi connectivity index (χ4n) is 2.65. The van der Waals surface area contributed by atoms with Crippen LogP contribution < -0.4 is 0 Å². The van der Waals surface area contributed by atoms with E-state index in [9.17, 15) is 0 Å². The first kappa shape index (κ1) is 8.96. The van der Waals surface area contributed by atoms with Gasteiger partial charge in [-0.3, -0.25) is 0 Å². The molecule has 0 saturated heterocycles. The molecule has 2 heteroatoms. The van der Waals surface area contributed by atoms with Gasteiger partial charge in [0, 0.05) is 12.1 Å². The Bertz CT molecular complexity index is 452. The Morgan fingerprint density at radius 3 is 2.87 bits per heavy atom. The summed E-state index contributed by atoms with van der Waals surface area (Å²) in [7, 11) is 0. The third-order valence-electron chi connectivity index (χ3n) is 3.47. The Kier molecular flexibility index (Phi) is 2.20. The highest BCUT2D eigenvalue weighted by Gasteiger charge is 2.19. The number of hydrogen-bond acceptors (Lipinski definition) is 1. The summed E-state index contributed by atoms with van der Waals surface area (Å²) in [5.41, 5.74) is 2.61. The summed E-state index contributed by atoms with van der Waals surface area (Å²) in [5, 5.41) is 0. The average molecular weight is 200 g/mol. The quantitative estimate of drug-likeness (QED) is 0.689. The van der Waals surface area contributed by atoms with Crippen molar-refractivity contribution < 1.29 is 0 Å². The molecule has 3 rings (SSSR count). The van der Waals surface area contributed by atoms with Gasteiger partial charge in [0.05, 0.1) is 17.5 Å². The van der Waals surface area contributed by atoms with Crippen LogP contribution in [0.25, 0.3) is 5.52 Å². The molecular weight excluding hydrogens is 184 g/mol. The van der Waals surface area contributed by atoms with Gasteiger partial charge in [0.15, 0.2) is 0 Å². The topological polar surface area (TPSA) is 17.3 Å². The summed E-state index contributed by atoms with van der Waals surface area (Å²) >= 11 is 0. The normalized spacial score (nSPS) is 18.4. The van der Waals surface area contributed by atoms with Gasteiger partial charge in [0.2, 0.25) is 0 Å². The number of aromatic nitrogens is 2. The third-order valence-corrected chi connectivity index (χ3v) is 3.47. The predicted molar refractivity (Wildman–Crippen MR) is 61.0 cm³/mol. The van der Waals surface area contributed by atoms with E-state index in [1.807, 2.05) is 6.33 Å². The smallest absolute Gasteiger partial charge is 0.0995 e. The van der Waals surface area contributed by atoms with Gasteiger partial charge in [0.1, 0.15) is 0 Å². The van der Waals surface area contributed by atoms with Gasteiger partial charge in [-0.25, -0.2) is 4.98 Å². The molecule has 15 heavy (non-hydrogen) atoms. The second-order valence-corrected chi connectivity index (χ2v) is 4.46. The fourth-order valence-corrected chi connectivity index (χ4v) is 2.65. The monoisotopic (exact) mass is 200 g/mol. The summed E-state index contributed by atoms with van der Waals surface area (Å²) in [5.74, 6) is 0.700. The van der Waals surface area contributed by atoms with E-state index in [0.717, 1.165) is 0 Å². The molecule has 2 aromatic rings. The van der Waals surface area contributed by atoms with E-state index in [-0.39, 0.29) is 0 Å². The first-order valence-corrected chi connectivity index (χ1v) is 5.87. The standard InChI is InChI=1S/C13H16N2/c1-2-6-11(7-3-1)13-12-8-4-5-9-15(12)10-14-13/h4-5,8-11H,1-3,6-7H2. The van der Waals surface area contributed by atoms with Crippen molar-refractivity contribution in [3.63, 3.8) is 0 Å². The predicted octanol–water partition coefficient (Wildman–Crippen LogP) is 3.38. The molecule has 0 radical (unpaired) electrons. The van der Waals surface area contributed by atoms with Crippen LogP contribution in [0.1, 0.15) is 43.7 Å². The minimum Gasteiger partial charge on any atom is -0.306 e. The molecule has 0 spiro atoms. The largest absolute Gasteiger partial charge is 0.306 e. The van der Waals surface area contributed by atoms with Gasteiger partial charge in [-0.1, -0.05) is 25.3 Å². The molecule has 0 atom stereocenters. The van der Waals surface area contributed by atoms with Crippen molar-refractivity contribution in [2.45, 2.75) is 38.0 Å². The lowest BCUT2D eigenvalue weighted by Gasteiger charge is -2.19. The minimum atomic E-state index is 0.700. The zero-order valence-corrected chi connectivity index (χ0v) is 8.89. The maximum atomic E-state index is 4.58. The fraction of sp³-hybridized carbons (Fsp3) is 0.462.